The van der Waals surface area contributed by atoms with E-state index in [4.69, 9.17) is 4.74 Å². The van der Waals surface area contributed by atoms with E-state index in [9.17, 15) is 0 Å². The molecule has 1 unspecified atom stereocenters. The van der Waals surface area contributed by atoms with Crippen molar-refractivity contribution in [3.63, 3.8) is 0 Å². The fraction of sp³-hybridized carbons (Fsp3) is 1.00. The number of rotatable bonds is 2. The molecule has 0 N–H and O–H groups in total. The summed E-state index contributed by atoms with van der Waals surface area (Å²) in [6.45, 7) is 6.11. The molecule has 1 aliphatic carbocycles. The molecule has 2 aliphatic heterocycles. The summed E-state index contributed by atoms with van der Waals surface area (Å²) in [7, 11) is 0. The van der Waals surface area contributed by atoms with Crippen LogP contribution in [0.5, 0.6) is 0 Å². The van der Waals surface area contributed by atoms with Gasteiger partial charge in [-0.1, -0.05) is 12.8 Å². The Hall–Kier alpha value is -0.0800. The van der Waals surface area contributed by atoms with E-state index in [0.717, 1.165) is 24.5 Å². The molecule has 0 aromatic heterocycles. The molecule has 0 amide bonds. The Morgan fingerprint density at radius 1 is 1.13 bits per heavy atom. The first kappa shape index (κ1) is 10.1. The van der Waals surface area contributed by atoms with Gasteiger partial charge in [0, 0.05) is 26.2 Å². The summed E-state index contributed by atoms with van der Waals surface area (Å²) in [5, 5.41) is 0. The molecule has 0 radical (unpaired) electrons. The van der Waals surface area contributed by atoms with Crippen LogP contribution in [0.25, 0.3) is 0 Å². The smallest absolute Gasteiger partial charge is 0.0506 e. The van der Waals surface area contributed by atoms with Crippen LogP contribution in [0.1, 0.15) is 38.5 Å². The van der Waals surface area contributed by atoms with Crippen molar-refractivity contribution in [1.29, 1.82) is 0 Å². The van der Waals surface area contributed by atoms with Gasteiger partial charge in [-0.25, -0.2) is 0 Å². The molecule has 0 aromatic carbocycles. The molecule has 86 valence electrons. The Kier molecular flexibility index (Phi) is 2.73. The third-order valence-electron chi connectivity index (χ3n) is 4.55. The van der Waals surface area contributed by atoms with Gasteiger partial charge in [0.1, 0.15) is 0 Å². The van der Waals surface area contributed by atoms with Crippen LogP contribution in [0.2, 0.25) is 0 Å². The average Bonchev–Trinajstić information content (AvgIpc) is 2.68. The Morgan fingerprint density at radius 3 is 2.60 bits per heavy atom. The van der Waals surface area contributed by atoms with Gasteiger partial charge in [0.2, 0.25) is 0 Å². The number of nitrogens with zero attached hydrogens (tertiary/aromatic N) is 1. The highest BCUT2D eigenvalue weighted by Gasteiger charge is 2.44. The van der Waals surface area contributed by atoms with Gasteiger partial charge in [0.25, 0.3) is 0 Å². The standard InChI is InChI=1S/C13H23NO/c1-2-6-13(5-1)10-14(11-13)8-12-4-3-7-15-9-12/h12H,1-11H2. The first-order chi connectivity index (χ1) is 7.36. The lowest BCUT2D eigenvalue weighted by Gasteiger charge is -2.49. The van der Waals surface area contributed by atoms with Gasteiger partial charge in [-0.15, -0.1) is 0 Å². The van der Waals surface area contributed by atoms with Crippen LogP contribution in [0.3, 0.4) is 0 Å². The van der Waals surface area contributed by atoms with Crippen LogP contribution >= 0.6 is 0 Å². The summed E-state index contributed by atoms with van der Waals surface area (Å²) in [6, 6.07) is 0. The molecular weight excluding hydrogens is 186 g/mol. The van der Waals surface area contributed by atoms with Gasteiger partial charge in [-0.05, 0) is 37.0 Å². The monoisotopic (exact) mass is 209 g/mol. The van der Waals surface area contributed by atoms with Gasteiger partial charge in [-0.3, -0.25) is 0 Å². The van der Waals surface area contributed by atoms with Crippen molar-refractivity contribution in [1.82, 2.24) is 4.90 Å². The molecule has 1 atom stereocenters. The third-order valence-corrected chi connectivity index (χ3v) is 4.55. The van der Waals surface area contributed by atoms with Crippen molar-refractivity contribution >= 4 is 0 Å². The van der Waals surface area contributed by atoms with E-state index in [-0.39, 0.29) is 0 Å². The summed E-state index contributed by atoms with van der Waals surface area (Å²) >= 11 is 0. The molecule has 2 saturated heterocycles. The predicted molar refractivity (Wildman–Crippen MR) is 60.9 cm³/mol. The number of hydrogen-bond donors (Lipinski definition) is 0. The van der Waals surface area contributed by atoms with Crippen molar-refractivity contribution in [2.75, 3.05) is 32.8 Å². The minimum absolute atomic E-state index is 0.773. The zero-order chi connectivity index (χ0) is 10.1. The summed E-state index contributed by atoms with van der Waals surface area (Å²) in [5.74, 6) is 0.831. The SMILES string of the molecule is C1COCC(CN2CC3(CCCC3)C2)C1. The van der Waals surface area contributed by atoms with Crippen molar-refractivity contribution in [3.8, 4) is 0 Å². The molecule has 2 heteroatoms. The molecule has 1 spiro atoms. The highest BCUT2D eigenvalue weighted by Crippen LogP contribution is 2.45. The number of hydrogen-bond acceptors (Lipinski definition) is 2. The molecule has 3 aliphatic rings. The van der Waals surface area contributed by atoms with Gasteiger partial charge >= 0.3 is 0 Å². The maximum Gasteiger partial charge on any atom is 0.0506 e. The lowest BCUT2D eigenvalue weighted by molar-refractivity contribution is -0.0301. The molecule has 3 fully saturated rings. The topological polar surface area (TPSA) is 12.5 Å². The lowest BCUT2D eigenvalue weighted by atomic mass is 9.77. The third kappa shape index (κ3) is 2.07. The highest BCUT2D eigenvalue weighted by atomic mass is 16.5. The van der Waals surface area contributed by atoms with Crippen LogP contribution in [0.4, 0.5) is 0 Å². The predicted octanol–water partition coefficient (Wildman–Crippen LogP) is 2.29. The Morgan fingerprint density at radius 2 is 1.93 bits per heavy atom. The van der Waals surface area contributed by atoms with E-state index >= 15 is 0 Å². The minimum atomic E-state index is 0.773. The van der Waals surface area contributed by atoms with Crippen LogP contribution in [0.15, 0.2) is 0 Å². The van der Waals surface area contributed by atoms with Crippen LogP contribution in [-0.4, -0.2) is 37.7 Å². The molecule has 1 saturated carbocycles. The fourth-order valence-electron chi connectivity index (χ4n) is 3.79. The molecule has 0 aromatic rings. The maximum absolute atomic E-state index is 5.54. The second-order valence-electron chi connectivity index (χ2n) is 5.96. The van der Waals surface area contributed by atoms with E-state index in [1.54, 1.807) is 0 Å². The van der Waals surface area contributed by atoms with Gasteiger partial charge in [0.15, 0.2) is 0 Å². The first-order valence-corrected chi connectivity index (χ1v) is 6.66. The Bertz CT molecular complexity index is 209. The molecule has 3 rings (SSSR count). The van der Waals surface area contributed by atoms with E-state index in [0.29, 0.717) is 0 Å². The van der Waals surface area contributed by atoms with Crippen molar-refractivity contribution in [3.05, 3.63) is 0 Å². The van der Waals surface area contributed by atoms with Crippen molar-refractivity contribution < 1.29 is 4.74 Å². The average molecular weight is 209 g/mol. The van der Waals surface area contributed by atoms with Crippen molar-refractivity contribution in [2.45, 2.75) is 38.5 Å². The highest BCUT2D eigenvalue weighted by molar-refractivity contribution is 4.98. The largest absolute Gasteiger partial charge is 0.381 e. The first-order valence-electron chi connectivity index (χ1n) is 6.66. The molecule has 0 bridgehead atoms. The molecular formula is C13H23NO. The van der Waals surface area contributed by atoms with Gasteiger partial charge in [0.05, 0.1) is 6.61 Å². The minimum Gasteiger partial charge on any atom is -0.381 e. The van der Waals surface area contributed by atoms with E-state index in [2.05, 4.69) is 4.90 Å². The quantitative estimate of drug-likeness (QED) is 0.692. The Balaban J connectivity index is 1.43. The molecule has 2 heterocycles. The van der Waals surface area contributed by atoms with Gasteiger partial charge in [-0.2, -0.15) is 0 Å². The molecule has 15 heavy (non-hydrogen) atoms. The zero-order valence-corrected chi connectivity index (χ0v) is 9.71. The number of ether oxygens (including phenoxy) is 1. The van der Waals surface area contributed by atoms with Gasteiger partial charge < -0.3 is 9.64 Å². The van der Waals surface area contributed by atoms with Crippen LogP contribution in [0, 0.1) is 11.3 Å². The van der Waals surface area contributed by atoms with E-state index < -0.39 is 0 Å². The van der Waals surface area contributed by atoms with Crippen LogP contribution < -0.4 is 0 Å². The summed E-state index contributed by atoms with van der Waals surface area (Å²) in [6.07, 6.45) is 8.66. The van der Waals surface area contributed by atoms with E-state index in [1.165, 1.54) is 58.2 Å². The summed E-state index contributed by atoms with van der Waals surface area (Å²) in [4.78, 5) is 2.67. The number of likely N-dealkylation sites (tertiary alicyclic amines) is 1. The summed E-state index contributed by atoms with van der Waals surface area (Å²) in [5.41, 5.74) is 0.773. The van der Waals surface area contributed by atoms with Crippen molar-refractivity contribution in [2.24, 2.45) is 11.3 Å². The maximum atomic E-state index is 5.54. The fourth-order valence-corrected chi connectivity index (χ4v) is 3.79. The zero-order valence-electron chi connectivity index (χ0n) is 9.71. The molecule has 2 nitrogen and oxygen atoms in total. The second-order valence-corrected chi connectivity index (χ2v) is 5.96. The van der Waals surface area contributed by atoms with E-state index in [1.807, 2.05) is 0 Å². The van der Waals surface area contributed by atoms with Crippen LogP contribution in [-0.2, 0) is 4.74 Å². The Labute approximate surface area is 93.0 Å². The normalized spacial score (nSPS) is 35.6. The summed E-state index contributed by atoms with van der Waals surface area (Å²) < 4.78 is 5.54. The second kappa shape index (κ2) is 4.06. The lowest BCUT2D eigenvalue weighted by Crippen LogP contribution is -2.56.